The molecule has 1 heterocycles. The van der Waals surface area contributed by atoms with Gasteiger partial charge in [-0.3, -0.25) is 0 Å². The standard InChI is InChI=1S/C13H18Cl2N2/c14-11-2-1-10(12(15)4-3-11)9-13(16)5-7-17-8-6-13/h1-3,17H,4-9,16H2. The van der Waals surface area contributed by atoms with E-state index < -0.39 is 0 Å². The van der Waals surface area contributed by atoms with Crippen LogP contribution in [0.5, 0.6) is 0 Å². The Bertz CT molecular complexity index is 377. The summed E-state index contributed by atoms with van der Waals surface area (Å²) in [5.74, 6) is 0. The quantitative estimate of drug-likeness (QED) is 0.811. The Balaban J connectivity index is 2.09. The van der Waals surface area contributed by atoms with Gasteiger partial charge in [0.05, 0.1) is 0 Å². The minimum atomic E-state index is -0.123. The Hall–Kier alpha value is -0.280. The fraction of sp³-hybridized carbons (Fsp3) is 0.538. The van der Waals surface area contributed by atoms with Crippen LogP contribution in [0, 0.1) is 0 Å². The van der Waals surface area contributed by atoms with Crippen LogP contribution in [0.1, 0.15) is 25.7 Å². The van der Waals surface area contributed by atoms with Gasteiger partial charge in [-0.2, -0.15) is 0 Å². The molecule has 3 N–H and O–H groups in total. The first-order valence-electron chi connectivity index (χ1n) is 6.00. The van der Waals surface area contributed by atoms with Crippen LogP contribution < -0.4 is 11.1 Å². The van der Waals surface area contributed by atoms with Gasteiger partial charge in [0.25, 0.3) is 0 Å². The van der Waals surface area contributed by atoms with Gasteiger partial charge in [0.1, 0.15) is 0 Å². The number of piperidine rings is 1. The zero-order valence-corrected chi connectivity index (χ0v) is 11.3. The molecule has 2 aliphatic rings. The molecule has 94 valence electrons. The molecule has 0 atom stereocenters. The van der Waals surface area contributed by atoms with E-state index in [1.54, 1.807) is 0 Å². The summed E-state index contributed by atoms with van der Waals surface area (Å²) in [6.45, 7) is 1.98. The molecule has 0 amide bonds. The van der Waals surface area contributed by atoms with Crippen molar-refractivity contribution in [3.63, 3.8) is 0 Å². The van der Waals surface area contributed by atoms with Crippen molar-refractivity contribution < 1.29 is 0 Å². The highest BCUT2D eigenvalue weighted by Gasteiger charge is 2.28. The molecule has 17 heavy (non-hydrogen) atoms. The first-order chi connectivity index (χ1) is 8.09. The summed E-state index contributed by atoms with van der Waals surface area (Å²) in [4.78, 5) is 0. The summed E-state index contributed by atoms with van der Waals surface area (Å²) >= 11 is 12.3. The normalized spacial score (nSPS) is 24.5. The first kappa shape index (κ1) is 13.2. The molecular formula is C13H18Cl2N2. The van der Waals surface area contributed by atoms with Crippen molar-refractivity contribution in [3.05, 3.63) is 33.9 Å². The van der Waals surface area contributed by atoms with Crippen molar-refractivity contribution in [2.24, 2.45) is 5.73 Å². The zero-order valence-electron chi connectivity index (χ0n) is 9.81. The Morgan fingerprint density at radius 2 is 1.94 bits per heavy atom. The van der Waals surface area contributed by atoms with E-state index in [-0.39, 0.29) is 5.54 Å². The second-order valence-electron chi connectivity index (χ2n) is 4.85. The molecule has 0 aromatic carbocycles. The molecule has 1 saturated heterocycles. The predicted octanol–water partition coefficient (Wildman–Crippen LogP) is 3.03. The Morgan fingerprint density at radius 3 is 2.65 bits per heavy atom. The van der Waals surface area contributed by atoms with E-state index in [2.05, 4.69) is 5.32 Å². The van der Waals surface area contributed by atoms with Crippen LogP contribution in [-0.2, 0) is 0 Å². The number of hydrogen-bond donors (Lipinski definition) is 2. The third kappa shape index (κ3) is 3.59. The van der Waals surface area contributed by atoms with Crippen molar-refractivity contribution in [3.8, 4) is 0 Å². The summed E-state index contributed by atoms with van der Waals surface area (Å²) < 4.78 is 0. The minimum absolute atomic E-state index is 0.123. The molecule has 1 aliphatic carbocycles. The summed E-state index contributed by atoms with van der Waals surface area (Å²) in [6, 6.07) is 0. The first-order valence-corrected chi connectivity index (χ1v) is 6.76. The van der Waals surface area contributed by atoms with Crippen LogP contribution in [0.3, 0.4) is 0 Å². The van der Waals surface area contributed by atoms with Gasteiger partial charge in [0, 0.05) is 22.0 Å². The molecule has 1 fully saturated rings. The van der Waals surface area contributed by atoms with Crippen molar-refractivity contribution in [2.75, 3.05) is 13.1 Å². The van der Waals surface area contributed by atoms with Gasteiger partial charge in [0.15, 0.2) is 0 Å². The van der Waals surface area contributed by atoms with Crippen LogP contribution in [0.2, 0.25) is 0 Å². The number of nitrogens with two attached hydrogens (primary N) is 1. The molecule has 4 heteroatoms. The number of nitrogens with one attached hydrogen (secondary N) is 1. The van der Waals surface area contributed by atoms with E-state index in [9.17, 15) is 0 Å². The van der Waals surface area contributed by atoms with Crippen LogP contribution in [0.25, 0.3) is 0 Å². The predicted molar refractivity (Wildman–Crippen MR) is 74.2 cm³/mol. The lowest BCUT2D eigenvalue weighted by molar-refractivity contribution is 0.309. The van der Waals surface area contributed by atoms with E-state index in [1.807, 2.05) is 18.2 Å². The van der Waals surface area contributed by atoms with Crippen molar-refractivity contribution in [2.45, 2.75) is 31.2 Å². The fourth-order valence-electron chi connectivity index (χ4n) is 2.29. The van der Waals surface area contributed by atoms with E-state index in [0.29, 0.717) is 6.42 Å². The molecule has 0 bridgehead atoms. The Kier molecular flexibility index (Phi) is 4.31. The zero-order chi connectivity index (χ0) is 12.3. The van der Waals surface area contributed by atoms with Crippen LogP contribution >= 0.6 is 23.2 Å². The van der Waals surface area contributed by atoms with Gasteiger partial charge in [-0.15, -0.1) is 0 Å². The van der Waals surface area contributed by atoms with Gasteiger partial charge in [-0.1, -0.05) is 35.4 Å². The lowest BCUT2D eigenvalue weighted by Crippen LogP contribution is -2.49. The van der Waals surface area contributed by atoms with Crippen molar-refractivity contribution in [1.82, 2.24) is 5.32 Å². The largest absolute Gasteiger partial charge is 0.325 e. The summed E-state index contributed by atoms with van der Waals surface area (Å²) in [6.07, 6.45) is 9.37. The maximum Gasteiger partial charge on any atom is 0.0369 e. The molecule has 1 aliphatic heterocycles. The maximum absolute atomic E-state index is 6.42. The molecule has 0 aromatic rings. The van der Waals surface area contributed by atoms with Gasteiger partial charge < -0.3 is 11.1 Å². The minimum Gasteiger partial charge on any atom is -0.325 e. The topological polar surface area (TPSA) is 38.0 Å². The lowest BCUT2D eigenvalue weighted by atomic mass is 9.83. The summed E-state index contributed by atoms with van der Waals surface area (Å²) in [5.41, 5.74) is 7.43. The second kappa shape index (κ2) is 5.57. The summed E-state index contributed by atoms with van der Waals surface area (Å²) in [7, 11) is 0. The molecule has 0 radical (unpaired) electrons. The third-order valence-corrected chi connectivity index (χ3v) is 4.09. The van der Waals surface area contributed by atoms with Gasteiger partial charge in [0.2, 0.25) is 0 Å². The number of rotatable bonds is 2. The smallest absolute Gasteiger partial charge is 0.0369 e. The molecule has 0 spiro atoms. The maximum atomic E-state index is 6.42. The molecule has 2 rings (SSSR count). The highest BCUT2D eigenvalue weighted by Crippen LogP contribution is 2.31. The monoisotopic (exact) mass is 272 g/mol. The highest BCUT2D eigenvalue weighted by molar-refractivity contribution is 6.32. The van der Waals surface area contributed by atoms with Crippen LogP contribution in [-0.4, -0.2) is 18.6 Å². The van der Waals surface area contributed by atoms with Crippen LogP contribution in [0.15, 0.2) is 33.9 Å². The lowest BCUT2D eigenvalue weighted by Gasteiger charge is -2.34. The molecule has 0 unspecified atom stereocenters. The van der Waals surface area contributed by atoms with E-state index in [4.69, 9.17) is 28.9 Å². The molecule has 2 nitrogen and oxygen atoms in total. The molecule has 0 saturated carbocycles. The van der Waals surface area contributed by atoms with Crippen molar-refractivity contribution in [1.29, 1.82) is 0 Å². The number of halogens is 2. The molecule has 0 aromatic heterocycles. The van der Waals surface area contributed by atoms with Gasteiger partial charge in [-0.05, 0) is 44.0 Å². The van der Waals surface area contributed by atoms with E-state index >= 15 is 0 Å². The average Bonchev–Trinajstić information content (AvgIpc) is 2.45. The van der Waals surface area contributed by atoms with Gasteiger partial charge in [-0.25, -0.2) is 0 Å². The van der Waals surface area contributed by atoms with E-state index in [0.717, 1.165) is 48.0 Å². The average molecular weight is 273 g/mol. The summed E-state index contributed by atoms with van der Waals surface area (Å²) in [5, 5.41) is 4.94. The Labute approximate surface area is 113 Å². The Morgan fingerprint density at radius 1 is 1.24 bits per heavy atom. The fourth-order valence-corrected chi connectivity index (χ4v) is 2.64. The third-order valence-electron chi connectivity index (χ3n) is 3.41. The SMILES string of the molecule is NC1(CC2=C(Cl)CC=C(Cl)C=C2)CCNCC1. The highest BCUT2D eigenvalue weighted by atomic mass is 35.5. The second-order valence-corrected chi connectivity index (χ2v) is 5.74. The van der Waals surface area contributed by atoms with Crippen LogP contribution in [0.4, 0.5) is 0 Å². The van der Waals surface area contributed by atoms with Gasteiger partial charge >= 0.3 is 0 Å². The van der Waals surface area contributed by atoms with E-state index in [1.165, 1.54) is 0 Å². The molecular weight excluding hydrogens is 255 g/mol. The number of hydrogen-bond acceptors (Lipinski definition) is 2. The van der Waals surface area contributed by atoms with Crippen molar-refractivity contribution >= 4 is 23.2 Å². The number of allylic oxidation sites excluding steroid dienone is 5.